The highest BCUT2D eigenvalue weighted by molar-refractivity contribution is 7.91. The van der Waals surface area contributed by atoms with Gasteiger partial charge >= 0.3 is 0 Å². The first kappa shape index (κ1) is 22.1. The summed E-state index contributed by atoms with van der Waals surface area (Å²) in [5.74, 6) is 1.48. The van der Waals surface area contributed by atoms with Crippen LogP contribution in [-0.4, -0.2) is 55.7 Å². The van der Waals surface area contributed by atoms with Gasteiger partial charge in [0, 0.05) is 12.7 Å². The van der Waals surface area contributed by atoms with Gasteiger partial charge in [0.05, 0.1) is 12.2 Å². The number of benzene rings is 2. The van der Waals surface area contributed by atoms with Crippen molar-refractivity contribution >= 4 is 9.84 Å². The van der Waals surface area contributed by atoms with E-state index in [0.717, 1.165) is 40.9 Å². The van der Waals surface area contributed by atoms with E-state index < -0.39 is 33.6 Å². The lowest BCUT2D eigenvalue weighted by molar-refractivity contribution is -0.140. The molecule has 0 spiro atoms. The Labute approximate surface area is 182 Å². The van der Waals surface area contributed by atoms with E-state index in [0.29, 0.717) is 19.6 Å². The number of rotatable bonds is 5. The second-order valence-electron chi connectivity index (χ2n) is 8.15. The van der Waals surface area contributed by atoms with Crippen LogP contribution in [0.2, 0.25) is 0 Å². The van der Waals surface area contributed by atoms with E-state index in [1.54, 1.807) is 0 Å². The summed E-state index contributed by atoms with van der Waals surface area (Å²) in [4.78, 5) is 0. The molecule has 2 aromatic rings. The van der Waals surface area contributed by atoms with Crippen LogP contribution in [0.15, 0.2) is 36.4 Å². The van der Waals surface area contributed by atoms with Crippen LogP contribution in [0.5, 0.6) is 11.5 Å². The normalized spacial score (nSPS) is 25.9. The monoisotopic (exact) mass is 448 g/mol. The van der Waals surface area contributed by atoms with E-state index in [-0.39, 0.29) is 6.42 Å². The largest absolute Gasteiger partial charge is 0.486 e. The number of ether oxygens (including phenoxy) is 3. The molecule has 1 fully saturated rings. The van der Waals surface area contributed by atoms with Crippen molar-refractivity contribution in [1.82, 2.24) is 0 Å². The second kappa shape index (κ2) is 8.78. The number of sulfone groups is 1. The van der Waals surface area contributed by atoms with E-state index in [2.05, 4.69) is 6.92 Å². The molecule has 0 saturated carbocycles. The van der Waals surface area contributed by atoms with Gasteiger partial charge in [-0.15, -0.1) is 0 Å². The molecule has 2 heterocycles. The number of hydrogen-bond acceptors (Lipinski definition) is 7. The van der Waals surface area contributed by atoms with Gasteiger partial charge in [-0.05, 0) is 47.2 Å². The Morgan fingerprint density at radius 3 is 2.45 bits per heavy atom. The van der Waals surface area contributed by atoms with E-state index in [1.165, 1.54) is 5.56 Å². The van der Waals surface area contributed by atoms with Gasteiger partial charge in [0.1, 0.15) is 19.3 Å². The van der Waals surface area contributed by atoms with Crippen molar-refractivity contribution in [3.8, 4) is 11.5 Å². The predicted octanol–water partition coefficient (Wildman–Crippen LogP) is 2.16. The fourth-order valence-corrected chi connectivity index (χ4v) is 5.20. The van der Waals surface area contributed by atoms with Gasteiger partial charge in [0.25, 0.3) is 0 Å². The third-order valence-electron chi connectivity index (χ3n) is 5.83. The Balaban J connectivity index is 1.62. The molecular weight excluding hydrogens is 420 g/mol. The lowest BCUT2D eigenvalue weighted by atomic mass is 9.91. The molecule has 4 rings (SSSR count). The molecular formula is C23H28O7S. The first-order valence-electron chi connectivity index (χ1n) is 10.5. The lowest BCUT2D eigenvalue weighted by Gasteiger charge is -2.36. The topological polar surface area (TPSA) is 102 Å². The van der Waals surface area contributed by atoms with Crippen LogP contribution < -0.4 is 9.47 Å². The first-order valence-corrected chi connectivity index (χ1v) is 12.4. The average molecular weight is 449 g/mol. The van der Waals surface area contributed by atoms with E-state index in [9.17, 15) is 18.6 Å². The van der Waals surface area contributed by atoms with E-state index in [4.69, 9.17) is 14.2 Å². The summed E-state index contributed by atoms with van der Waals surface area (Å²) in [7, 11) is -3.69. The van der Waals surface area contributed by atoms with Crippen molar-refractivity contribution in [1.29, 1.82) is 0 Å². The van der Waals surface area contributed by atoms with Gasteiger partial charge in [-0.25, -0.2) is 8.42 Å². The molecule has 2 N–H and O–H groups in total. The standard InChI is InChI=1S/C23H28O7S/c1-3-15-5-6-16(20-13-18(24)22(25)23(30-20)31(2,26)27)12-17(15)10-14-4-7-19-21(11-14)29-9-8-28-19/h4-7,11-12,18,20,22-25H,3,8-10,13H2,1-2H3/t18-,20-,22+,23-/m1/s1. The smallest absolute Gasteiger partial charge is 0.187 e. The van der Waals surface area contributed by atoms with Crippen molar-refractivity contribution in [2.45, 2.75) is 49.9 Å². The zero-order chi connectivity index (χ0) is 22.2. The molecule has 0 amide bonds. The highest BCUT2D eigenvalue weighted by Crippen LogP contribution is 2.36. The van der Waals surface area contributed by atoms with Crippen LogP contribution in [0, 0.1) is 0 Å². The molecule has 7 nitrogen and oxygen atoms in total. The van der Waals surface area contributed by atoms with E-state index >= 15 is 0 Å². The summed E-state index contributed by atoms with van der Waals surface area (Å²) >= 11 is 0. The minimum absolute atomic E-state index is 0.127. The Bertz CT molecular complexity index is 1050. The molecule has 0 unspecified atom stereocenters. The number of aliphatic hydroxyl groups excluding tert-OH is 2. The third kappa shape index (κ3) is 4.72. The zero-order valence-electron chi connectivity index (χ0n) is 17.7. The summed E-state index contributed by atoms with van der Waals surface area (Å²) in [6.07, 6.45) is -0.613. The fourth-order valence-electron chi connectivity index (χ4n) is 4.18. The minimum Gasteiger partial charge on any atom is -0.486 e. The van der Waals surface area contributed by atoms with Crippen LogP contribution in [0.3, 0.4) is 0 Å². The number of aryl methyl sites for hydroxylation is 1. The molecule has 0 aromatic heterocycles. The van der Waals surface area contributed by atoms with Crippen molar-refractivity contribution < 1.29 is 32.8 Å². The highest BCUT2D eigenvalue weighted by Gasteiger charge is 2.42. The molecule has 31 heavy (non-hydrogen) atoms. The summed E-state index contributed by atoms with van der Waals surface area (Å²) in [6, 6.07) is 11.8. The van der Waals surface area contributed by atoms with Gasteiger partial charge in [-0.3, -0.25) is 0 Å². The maximum absolute atomic E-state index is 12.0. The summed E-state index contributed by atoms with van der Waals surface area (Å²) < 4.78 is 41.1. The predicted molar refractivity (Wildman–Crippen MR) is 115 cm³/mol. The number of fused-ring (bicyclic) bond motifs is 1. The summed E-state index contributed by atoms with van der Waals surface area (Å²) in [6.45, 7) is 3.16. The van der Waals surface area contributed by atoms with Crippen molar-refractivity contribution in [3.05, 3.63) is 58.7 Å². The maximum Gasteiger partial charge on any atom is 0.187 e. The summed E-state index contributed by atoms with van der Waals surface area (Å²) in [5.41, 5.74) is 2.68. The molecule has 4 atom stereocenters. The second-order valence-corrected chi connectivity index (χ2v) is 10.3. The average Bonchev–Trinajstić information content (AvgIpc) is 2.74. The van der Waals surface area contributed by atoms with Crippen molar-refractivity contribution in [2.75, 3.05) is 19.5 Å². The van der Waals surface area contributed by atoms with Crippen LogP contribution in [0.1, 0.15) is 41.7 Å². The molecule has 1 saturated heterocycles. The Kier molecular flexibility index (Phi) is 6.25. The molecule has 2 aliphatic rings. The van der Waals surface area contributed by atoms with E-state index in [1.807, 2.05) is 36.4 Å². The molecule has 0 bridgehead atoms. The van der Waals surface area contributed by atoms with Gasteiger partial charge in [0.15, 0.2) is 26.8 Å². The molecule has 0 radical (unpaired) electrons. The van der Waals surface area contributed by atoms with Crippen molar-refractivity contribution in [2.24, 2.45) is 0 Å². The van der Waals surface area contributed by atoms with Gasteiger partial charge in [-0.1, -0.05) is 31.2 Å². The Morgan fingerprint density at radius 2 is 1.74 bits per heavy atom. The molecule has 2 aliphatic heterocycles. The van der Waals surface area contributed by atoms with Crippen LogP contribution in [0.4, 0.5) is 0 Å². The SMILES string of the molecule is CCc1ccc([C@H]2C[C@@H](O)[C@H](O)[C@@H](S(C)(=O)=O)O2)cc1Cc1ccc2c(c1)OCCO2. The van der Waals surface area contributed by atoms with Gasteiger partial charge < -0.3 is 24.4 Å². The number of hydrogen-bond donors (Lipinski definition) is 2. The molecule has 0 aliphatic carbocycles. The zero-order valence-corrected chi connectivity index (χ0v) is 18.5. The molecule has 8 heteroatoms. The summed E-state index contributed by atoms with van der Waals surface area (Å²) in [5, 5.41) is 20.3. The first-order chi connectivity index (χ1) is 14.8. The Hall–Kier alpha value is -2.13. The van der Waals surface area contributed by atoms with Crippen LogP contribution in [-0.2, 0) is 27.4 Å². The number of aliphatic hydroxyl groups is 2. The lowest BCUT2D eigenvalue weighted by Crippen LogP contribution is -2.49. The van der Waals surface area contributed by atoms with Crippen LogP contribution in [0.25, 0.3) is 0 Å². The minimum atomic E-state index is -3.69. The van der Waals surface area contributed by atoms with Gasteiger partial charge in [-0.2, -0.15) is 0 Å². The maximum atomic E-state index is 12.0. The Morgan fingerprint density at radius 1 is 1.00 bits per heavy atom. The molecule has 168 valence electrons. The van der Waals surface area contributed by atoms with Crippen molar-refractivity contribution in [3.63, 3.8) is 0 Å². The highest BCUT2D eigenvalue weighted by atomic mass is 32.2. The van der Waals surface area contributed by atoms with Crippen LogP contribution >= 0.6 is 0 Å². The van der Waals surface area contributed by atoms with Gasteiger partial charge in [0.2, 0.25) is 0 Å². The third-order valence-corrected chi connectivity index (χ3v) is 7.07. The quantitative estimate of drug-likeness (QED) is 0.723. The fraction of sp³-hybridized carbons (Fsp3) is 0.478. The molecule has 2 aromatic carbocycles.